The molecule has 1 unspecified atom stereocenters. The number of carboxylic acid groups (broad SMARTS) is 1. The number of nitrogens with two attached hydrogens (primary N) is 1. The van der Waals surface area contributed by atoms with Gasteiger partial charge in [-0.15, -0.1) is 0 Å². The van der Waals surface area contributed by atoms with E-state index in [1.165, 1.54) is 0 Å². The van der Waals surface area contributed by atoms with Crippen molar-refractivity contribution in [1.29, 1.82) is 0 Å². The van der Waals surface area contributed by atoms with Crippen LogP contribution in [-0.2, 0) is 4.79 Å². The molecular weight excluding hydrogens is 234 g/mol. The van der Waals surface area contributed by atoms with E-state index in [4.69, 9.17) is 20.3 Å². The van der Waals surface area contributed by atoms with Gasteiger partial charge in [-0.1, -0.05) is 6.07 Å². The van der Waals surface area contributed by atoms with Crippen molar-refractivity contribution in [2.75, 3.05) is 0 Å². The van der Waals surface area contributed by atoms with Crippen LogP contribution in [0.3, 0.4) is 0 Å². The number of rotatable bonds is 2. The highest BCUT2D eigenvalue weighted by Gasteiger charge is 2.44. The molecule has 2 aliphatic rings. The number of ether oxygens (including phenoxy) is 2. The lowest BCUT2D eigenvalue weighted by Gasteiger charge is -2.21. The van der Waals surface area contributed by atoms with Crippen LogP contribution in [0.2, 0.25) is 0 Å². The number of benzene rings is 1. The summed E-state index contributed by atoms with van der Waals surface area (Å²) in [6.07, 6.45) is 3.94. The fraction of sp³-hybridized carbons (Fsp3) is 0.462. The molecule has 3 rings (SSSR count). The van der Waals surface area contributed by atoms with Gasteiger partial charge in [-0.2, -0.15) is 0 Å². The van der Waals surface area contributed by atoms with E-state index >= 15 is 0 Å². The lowest BCUT2D eigenvalue weighted by atomic mass is 10.1. The van der Waals surface area contributed by atoms with Gasteiger partial charge in [0, 0.05) is 12.8 Å². The van der Waals surface area contributed by atoms with Crippen molar-refractivity contribution in [3.63, 3.8) is 0 Å². The molecule has 1 aromatic rings. The molecule has 0 aromatic heterocycles. The summed E-state index contributed by atoms with van der Waals surface area (Å²) in [7, 11) is 0. The van der Waals surface area contributed by atoms with Crippen molar-refractivity contribution in [3.8, 4) is 11.5 Å². The van der Waals surface area contributed by atoms with E-state index in [-0.39, 0.29) is 0 Å². The van der Waals surface area contributed by atoms with Gasteiger partial charge in [-0.05, 0) is 30.5 Å². The predicted molar refractivity (Wildman–Crippen MR) is 63.5 cm³/mol. The molecule has 1 aliphatic heterocycles. The molecule has 1 saturated carbocycles. The quantitative estimate of drug-likeness (QED) is 0.835. The zero-order chi connectivity index (χ0) is 12.8. The standard InChI is InChI=1S/C13H15NO4/c14-11(12(15)16)8-3-4-9-10(7-8)18-13(17-9)5-1-2-6-13/h3-4,7,11H,1-2,5-6,14H2,(H,15,16). The van der Waals surface area contributed by atoms with Gasteiger partial charge < -0.3 is 20.3 Å². The molecule has 1 spiro atoms. The number of aliphatic carboxylic acids is 1. The molecule has 1 fully saturated rings. The first-order valence-electron chi connectivity index (χ1n) is 6.10. The van der Waals surface area contributed by atoms with Crippen LogP contribution in [0.5, 0.6) is 11.5 Å². The molecule has 0 bridgehead atoms. The summed E-state index contributed by atoms with van der Waals surface area (Å²) in [6, 6.07) is 4.05. The number of fused-ring (bicyclic) bond motifs is 1. The van der Waals surface area contributed by atoms with Crippen LogP contribution in [0.4, 0.5) is 0 Å². The second-order valence-electron chi connectivity index (χ2n) is 4.84. The van der Waals surface area contributed by atoms with E-state index in [0.29, 0.717) is 17.1 Å². The molecule has 0 radical (unpaired) electrons. The summed E-state index contributed by atoms with van der Waals surface area (Å²) in [6.45, 7) is 0. The average molecular weight is 249 g/mol. The molecule has 5 heteroatoms. The average Bonchev–Trinajstić information content (AvgIpc) is 2.93. The highest BCUT2D eigenvalue weighted by atomic mass is 16.7. The van der Waals surface area contributed by atoms with Crippen molar-refractivity contribution in [2.45, 2.75) is 37.5 Å². The number of hydrogen-bond acceptors (Lipinski definition) is 4. The van der Waals surface area contributed by atoms with E-state index in [9.17, 15) is 4.79 Å². The van der Waals surface area contributed by atoms with Gasteiger partial charge in [0.15, 0.2) is 11.5 Å². The molecule has 1 atom stereocenters. The van der Waals surface area contributed by atoms with Gasteiger partial charge in [-0.3, -0.25) is 4.79 Å². The maximum atomic E-state index is 10.9. The van der Waals surface area contributed by atoms with Crippen molar-refractivity contribution < 1.29 is 19.4 Å². The molecule has 3 N–H and O–H groups in total. The molecule has 0 saturated heterocycles. The van der Waals surface area contributed by atoms with Gasteiger partial charge in [0.1, 0.15) is 6.04 Å². The Kier molecular flexibility index (Phi) is 2.45. The number of carboxylic acids is 1. The SMILES string of the molecule is NC(C(=O)O)c1ccc2c(c1)OC1(CCCC1)O2. The predicted octanol–water partition coefficient (Wildman–Crippen LogP) is 1.81. The Morgan fingerprint density at radius 3 is 2.61 bits per heavy atom. The normalized spacial score (nSPS) is 21.2. The van der Waals surface area contributed by atoms with Gasteiger partial charge in [-0.25, -0.2) is 0 Å². The Morgan fingerprint density at radius 1 is 1.28 bits per heavy atom. The van der Waals surface area contributed by atoms with Crippen LogP contribution in [0.15, 0.2) is 18.2 Å². The molecule has 5 nitrogen and oxygen atoms in total. The first-order chi connectivity index (χ1) is 8.60. The van der Waals surface area contributed by atoms with Crippen LogP contribution in [0.25, 0.3) is 0 Å². The third-order valence-electron chi connectivity index (χ3n) is 3.55. The van der Waals surface area contributed by atoms with Crippen molar-refractivity contribution in [3.05, 3.63) is 23.8 Å². The topological polar surface area (TPSA) is 81.8 Å². The van der Waals surface area contributed by atoms with Gasteiger partial charge in [0.05, 0.1) is 0 Å². The zero-order valence-electron chi connectivity index (χ0n) is 9.89. The second kappa shape index (κ2) is 3.88. The first kappa shape index (κ1) is 11.3. The molecule has 0 amide bonds. The Bertz CT molecular complexity index is 494. The maximum absolute atomic E-state index is 10.9. The zero-order valence-corrected chi connectivity index (χ0v) is 9.89. The van der Waals surface area contributed by atoms with Crippen LogP contribution >= 0.6 is 0 Å². The molecule has 96 valence electrons. The van der Waals surface area contributed by atoms with E-state index in [2.05, 4.69) is 0 Å². The molecule has 1 aromatic carbocycles. The smallest absolute Gasteiger partial charge is 0.325 e. The largest absolute Gasteiger partial charge is 0.480 e. The van der Waals surface area contributed by atoms with E-state index in [1.54, 1.807) is 18.2 Å². The fourth-order valence-electron chi connectivity index (χ4n) is 2.56. The second-order valence-corrected chi connectivity index (χ2v) is 4.84. The van der Waals surface area contributed by atoms with Crippen molar-refractivity contribution in [2.24, 2.45) is 5.73 Å². The third-order valence-corrected chi connectivity index (χ3v) is 3.55. The van der Waals surface area contributed by atoms with Crippen LogP contribution < -0.4 is 15.2 Å². The fourth-order valence-corrected chi connectivity index (χ4v) is 2.56. The molecule has 1 aliphatic carbocycles. The van der Waals surface area contributed by atoms with E-state index < -0.39 is 17.8 Å². The van der Waals surface area contributed by atoms with Gasteiger partial charge >= 0.3 is 5.97 Å². The van der Waals surface area contributed by atoms with Crippen LogP contribution in [-0.4, -0.2) is 16.9 Å². The highest BCUT2D eigenvalue weighted by molar-refractivity contribution is 5.75. The minimum atomic E-state index is -1.05. The van der Waals surface area contributed by atoms with Crippen molar-refractivity contribution >= 4 is 5.97 Å². The Labute approximate surface area is 104 Å². The molecular formula is C13H15NO4. The van der Waals surface area contributed by atoms with Crippen LogP contribution in [0.1, 0.15) is 37.3 Å². The van der Waals surface area contributed by atoms with E-state index in [0.717, 1.165) is 25.7 Å². The number of carbonyl (C=O) groups is 1. The highest BCUT2D eigenvalue weighted by Crippen LogP contribution is 2.47. The lowest BCUT2D eigenvalue weighted by molar-refractivity contribution is -0.138. The lowest BCUT2D eigenvalue weighted by Crippen LogP contribution is -2.34. The molecule has 18 heavy (non-hydrogen) atoms. The summed E-state index contributed by atoms with van der Waals surface area (Å²) >= 11 is 0. The van der Waals surface area contributed by atoms with Gasteiger partial charge in [0.25, 0.3) is 5.79 Å². The third kappa shape index (κ3) is 1.71. The Balaban J connectivity index is 1.88. The summed E-state index contributed by atoms with van der Waals surface area (Å²) in [4.78, 5) is 10.9. The number of hydrogen-bond donors (Lipinski definition) is 2. The monoisotopic (exact) mass is 249 g/mol. The minimum absolute atomic E-state index is 0.520. The minimum Gasteiger partial charge on any atom is -0.480 e. The molecule has 1 heterocycles. The summed E-state index contributed by atoms with van der Waals surface area (Å²) < 4.78 is 11.7. The summed E-state index contributed by atoms with van der Waals surface area (Å²) in [5.74, 6) is -0.289. The van der Waals surface area contributed by atoms with Crippen molar-refractivity contribution in [1.82, 2.24) is 0 Å². The Morgan fingerprint density at radius 2 is 1.94 bits per heavy atom. The maximum Gasteiger partial charge on any atom is 0.325 e. The first-order valence-corrected chi connectivity index (χ1v) is 6.10. The van der Waals surface area contributed by atoms with Crippen LogP contribution in [0, 0.1) is 0 Å². The Hall–Kier alpha value is -1.75. The van der Waals surface area contributed by atoms with Gasteiger partial charge in [0.2, 0.25) is 0 Å². The summed E-state index contributed by atoms with van der Waals surface area (Å²) in [5.41, 5.74) is 6.11. The summed E-state index contributed by atoms with van der Waals surface area (Å²) in [5, 5.41) is 8.89. The van der Waals surface area contributed by atoms with E-state index in [1.807, 2.05) is 0 Å².